The average molecular weight is 296 g/mol. The van der Waals surface area contributed by atoms with Crippen molar-refractivity contribution in [2.24, 2.45) is 5.92 Å². The third kappa shape index (κ3) is 5.58. The monoisotopic (exact) mass is 295 g/mol. The molecule has 0 spiro atoms. The van der Waals surface area contributed by atoms with Gasteiger partial charge in [0.1, 0.15) is 0 Å². The van der Waals surface area contributed by atoms with E-state index in [9.17, 15) is 0 Å². The van der Waals surface area contributed by atoms with Gasteiger partial charge in [-0.15, -0.1) is 11.3 Å². The summed E-state index contributed by atoms with van der Waals surface area (Å²) >= 11 is 13.4. The summed E-state index contributed by atoms with van der Waals surface area (Å²) in [6, 6.07) is 2.12. The third-order valence-electron chi connectivity index (χ3n) is 2.30. The molecule has 1 aromatic rings. The van der Waals surface area contributed by atoms with Crippen LogP contribution < -0.4 is 5.32 Å². The Hall–Kier alpha value is 0.200. The minimum Gasteiger partial charge on any atom is -0.380 e. The van der Waals surface area contributed by atoms with Crippen LogP contribution in [0.2, 0.25) is 8.67 Å². The molecule has 1 aromatic heterocycles. The van der Waals surface area contributed by atoms with Gasteiger partial charge in [-0.3, -0.25) is 0 Å². The zero-order chi connectivity index (χ0) is 12.8. The van der Waals surface area contributed by atoms with Gasteiger partial charge in [-0.25, -0.2) is 0 Å². The summed E-state index contributed by atoms with van der Waals surface area (Å²) in [5.41, 5.74) is 1.06. The topological polar surface area (TPSA) is 21.3 Å². The predicted octanol–water partition coefficient (Wildman–Crippen LogP) is 4.38. The molecule has 1 atom stereocenters. The van der Waals surface area contributed by atoms with Crippen LogP contribution in [-0.2, 0) is 4.74 Å². The highest BCUT2D eigenvalue weighted by molar-refractivity contribution is 7.20. The van der Waals surface area contributed by atoms with Crippen LogP contribution in [0.15, 0.2) is 6.07 Å². The van der Waals surface area contributed by atoms with Crippen LogP contribution in [0, 0.1) is 5.92 Å². The maximum Gasteiger partial charge on any atom is 0.0991 e. The molecule has 1 rings (SSSR count). The zero-order valence-electron chi connectivity index (χ0n) is 10.4. The van der Waals surface area contributed by atoms with Crippen molar-refractivity contribution in [2.45, 2.75) is 26.8 Å². The maximum absolute atomic E-state index is 6.08. The zero-order valence-corrected chi connectivity index (χ0v) is 12.8. The summed E-state index contributed by atoms with van der Waals surface area (Å²) in [6.07, 6.45) is 0. The van der Waals surface area contributed by atoms with Crippen LogP contribution >= 0.6 is 34.5 Å². The van der Waals surface area contributed by atoms with Gasteiger partial charge in [0, 0.05) is 19.2 Å². The third-order valence-corrected chi connectivity index (χ3v) is 3.82. The van der Waals surface area contributed by atoms with Crippen LogP contribution in [0.1, 0.15) is 32.4 Å². The molecule has 0 saturated heterocycles. The number of nitrogens with one attached hydrogen (secondary N) is 1. The summed E-state index contributed by atoms with van der Waals surface area (Å²) in [6.45, 7) is 8.70. The Morgan fingerprint density at radius 3 is 2.59 bits per heavy atom. The highest BCUT2D eigenvalue weighted by atomic mass is 35.5. The minimum absolute atomic E-state index is 0.203. The summed E-state index contributed by atoms with van der Waals surface area (Å²) in [4.78, 5) is 0. The van der Waals surface area contributed by atoms with Gasteiger partial charge in [0.2, 0.25) is 0 Å². The fourth-order valence-electron chi connectivity index (χ4n) is 1.42. The summed E-state index contributed by atoms with van der Waals surface area (Å²) < 4.78 is 6.99. The molecule has 2 nitrogen and oxygen atoms in total. The molecule has 0 radical (unpaired) electrons. The molecule has 0 amide bonds. The smallest absolute Gasteiger partial charge is 0.0991 e. The van der Waals surface area contributed by atoms with E-state index in [0.717, 1.165) is 34.0 Å². The van der Waals surface area contributed by atoms with Crippen molar-refractivity contribution >= 4 is 34.5 Å². The van der Waals surface area contributed by atoms with Gasteiger partial charge in [-0.05, 0) is 24.5 Å². The molecule has 0 aliphatic rings. The molecule has 0 aromatic carbocycles. The first-order chi connectivity index (χ1) is 8.00. The van der Waals surface area contributed by atoms with E-state index < -0.39 is 0 Å². The van der Waals surface area contributed by atoms with Gasteiger partial charge in [0.05, 0.1) is 15.3 Å². The molecule has 1 heterocycles. The molecule has 0 fully saturated rings. The molecule has 0 aliphatic heterocycles. The highest BCUT2D eigenvalue weighted by Crippen LogP contribution is 2.34. The van der Waals surface area contributed by atoms with Crippen molar-refractivity contribution in [2.75, 3.05) is 19.8 Å². The lowest BCUT2D eigenvalue weighted by atomic mass is 10.2. The molecule has 0 bridgehead atoms. The Kier molecular flexibility index (Phi) is 6.82. The Bertz CT molecular complexity index is 341. The first-order valence-corrected chi connectivity index (χ1v) is 7.33. The van der Waals surface area contributed by atoms with Crippen molar-refractivity contribution in [1.82, 2.24) is 5.32 Å². The lowest BCUT2D eigenvalue weighted by Crippen LogP contribution is -2.23. The number of hydrogen-bond donors (Lipinski definition) is 1. The van der Waals surface area contributed by atoms with Gasteiger partial charge in [-0.1, -0.05) is 37.0 Å². The molecule has 98 valence electrons. The van der Waals surface area contributed by atoms with Crippen molar-refractivity contribution in [3.05, 3.63) is 20.3 Å². The second-order valence-electron chi connectivity index (χ2n) is 4.42. The van der Waals surface area contributed by atoms with Gasteiger partial charge < -0.3 is 10.1 Å². The largest absolute Gasteiger partial charge is 0.380 e. The lowest BCUT2D eigenvalue weighted by molar-refractivity contribution is 0.110. The molecule has 1 unspecified atom stereocenters. The summed E-state index contributed by atoms with van der Waals surface area (Å²) in [7, 11) is 0. The molecular formula is C12H19Cl2NOS. The Labute approximate surface area is 117 Å². The number of ether oxygens (including phenoxy) is 1. The van der Waals surface area contributed by atoms with E-state index in [-0.39, 0.29) is 6.04 Å². The van der Waals surface area contributed by atoms with E-state index in [4.69, 9.17) is 27.9 Å². The van der Waals surface area contributed by atoms with Crippen LogP contribution in [-0.4, -0.2) is 19.8 Å². The van der Waals surface area contributed by atoms with Gasteiger partial charge >= 0.3 is 0 Å². The van der Waals surface area contributed by atoms with Crippen LogP contribution in [0.3, 0.4) is 0 Å². The van der Waals surface area contributed by atoms with E-state index in [1.807, 2.05) is 6.07 Å². The Balaban J connectivity index is 2.25. The average Bonchev–Trinajstić information content (AvgIpc) is 2.56. The van der Waals surface area contributed by atoms with Crippen LogP contribution in [0.25, 0.3) is 0 Å². The second-order valence-corrected chi connectivity index (χ2v) is 6.71. The molecule has 0 saturated carbocycles. The molecule has 5 heteroatoms. The number of thiophene rings is 1. The van der Waals surface area contributed by atoms with Crippen LogP contribution in [0.4, 0.5) is 0 Å². The predicted molar refractivity (Wildman–Crippen MR) is 76.4 cm³/mol. The lowest BCUT2D eigenvalue weighted by Gasteiger charge is -2.13. The SMILES string of the molecule is CC(C)COCCNC(C)c1cc(Cl)sc1Cl. The van der Waals surface area contributed by atoms with Crippen molar-refractivity contribution in [1.29, 1.82) is 0 Å². The van der Waals surface area contributed by atoms with E-state index in [1.54, 1.807) is 0 Å². The first-order valence-electron chi connectivity index (χ1n) is 5.76. The van der Waals surface area contributed by atoms with Crippen LogP contribution in [0.5, 0.6) is 0 Å². The Morgan fingerprint density at radius 1 is 1.35 bits per heavy atom. The fraction of sp³-hybridized carbons (Fsp3) is 0.667. The second kappa shape index (κ2) is 7.59. The first kappa shape index (κ1) is 15.3. The Morgan fingerprint density at radius 2 is 2.06 bits per heavy atom. The van der Waals surface area contributed by atoms with Crippen molar-refractivity contribution in [3.63, 3.8) is 0 Å². The van der Waals surface area contributed by atoms with E-state index >= 15 is 0 Å². The molecule has 17 heavy (non-hydrogen) atoms. The van der Waals surface area contributed by atoms with E-state index in [0.29, 0.717) is 5.92 Å². The van der Waals surface area contributed by atoms with E-state index in [1.165, 1.54) is 11.3 Å². The standard InChI is InChI=1S/C12H19Cl2NOS/c1-8(2)7-16-5-4-15-9(3)10-6-11(13)17-12(10)14/h6,8-9,15H,4-5,7H2,1-3H3. The van der Waals surface area contributed by atoms with E-state index in [2.05, 4.69) is 26.1 Å². The molecular weight excluding hydrogens is 277 g/mol. The minimum atomic E-state index is 0.203. The number of rotatable bonds is 7. The highest BCUT2D eigenvalue weighted by Gasteiger charge is 2.12. The molecule has 0 aliphatic carbocycles. The van der Waals surface area contributed by atoms with Gasteiger partial charge in [-0.2, -0.15) is 0 Å². The maximum atomic E-state index is 6.08. The quantitative estimate of drug-likeness (QED) is 0.754. The van der Waals surface area contributed by atoms with Gasteiger partial charge in [0.25, 0.3) is 0 Å². The normalized spacial score (nSPS) is 13.3. The summed E-state index contributed by atoms with van der Waals surface area (Å²) in [5, 5.41) is 3.37. The van der Waals surface area contributed by atoms with Gasteiger partial charge in [0.15, 0.2) is 0 Å². The van der Waals surface area contributed by atoms with Crippen molar-refractivity contribution < 1.29 is 4.74 Å². The van der Waals surface area contributed by atoms with Crippen molar-refractivity contribution in [3.8, 4) is 0 Å². The molecule has 1 N–H and O–H groups in total. The fourth-order valence-corrected chi connectivity index (χ4v) is 3.07. The summed E-state index contributed by atoms with van der Waals surface area (Å²) in [5.74, 6) is 0.581. The number of hydrogen-bond acceptors (Lipinski definition) is 3. The number of halogens is 2.